The molecule has 0 aliphatic heterocycles. The molecule has 0 N–H and O–H groups in total. The van der Waals surface area contributed by atoms with Crippen LogP contribution in [-0.4, -0.2) is 23.0 Å². The van der Waals surface area contributed by atoms with Crippen LogP contribution in [0.5, 0.6) is 0 Å². The summed E-state index contributed by atoms with van der Waals surface area (Å²) in [6, 6.07) is 1.97. The Hall–Kier alpha value is -1.72. The molecule has 20 heavy (non-hydrogen) atoms. The molecule has 3 aromatic heterocycles. The van der Waals surface area contributed by atoms with Crippen molar-refractivity contribution >= 4 is 50.0 Å². The Morgan fingerprint density at radius 1 is 1.35 bits per heavy atom. The van der Waals surface area contributed by atoms with Crippen LogP contribution in [0.1, 0.15) is 21.6 Å². The van der Waals surface area contributed by atoms with Crippen molar-refractivity contribution in [1.29, 1.82) is 0 Å². The fourth-order valence-corrected chi connectivity index (χ4v) is 3.55. The number of hydrogen-bond acceptors (Lipinski definition) is 5. The van der Waals surface area contributed by atoms with Crippen LogP contribution >= 0.6 is 22.9 Å². The Balaban J connectivity index is 2.52. The second-order valence-corrected chi connectivity index (χ2v) is 5.71. The summed E-state index contributed by atoms with van der Waals surface area (Å²) in [6.07, 6.45) is 0. The number of ether oxygens (including phenoxy) is 1. The van der Waals surface area contributed by atoms with Gasteiger partial charge in [0, 0.05) is 10.8 Å². The molecule has 0 unspecified atom stereocenters. The van der Waals surface area contributed by atoms with E-state index in [2.05, 4.69) is 9.97 Å². The number of rotatable bonds is 1. The van der Waals surface area contributed by atoms with E-state index in [1.54, 1.807) is 6.92 Å². The third kappa shape index (κ3) is 1.77. The van der Waals surface area contributed by atoms with Crippen LogP contribution in [0.2, 0.25) is 5.15 Å². The third-order valence-corrected chi connectivity index (χ3v) is 4.40. The SMILES string of the molecule is COC(=O)c1c(C)nc2c(c(Cl)nc3sccc32)c1C. The first-order valence-corrected chi connectivity index (χ1v) is 7.22. The van der Waals surface area contributed by atoms with Crippen molar-refractivity contribution in [2.24, 2.45) is 0 Å². The number of halogens is 1. The number of carbonyl (C=O) groups excluding carboxylic acids is 1. The molecule has 0 saturated carbocycles. The second-order valence-electron chi connectivity index (χ2n) is 4.45. The fourth-order valence-electron chi connectivity index (χ4n) is 2.42. The van der Waals surface area contributed by atoms with E-state index in [0.29, 0.717) is 21.8 Å². The molecule has 0 atom stereocenters. The van der Waals surface area contributed by atoms with Gasteiger partial charge in [-0.2, -0.15) is 0 Å². The van der Waals surface area contributed by atoms with Crippen molar-refractivity contribution in [2.45, 2.75) is 13.8 Å². The fraction of sp³-hybridized carbons (Fsp3) is 0.214. The Kier molecular flexibility index (Phi) is 3.11. The predicted octanol–water partition coefficient (Wildman–Crippen LogP) is 3.90. The van der Waals surface area contributed by atoms with Crippen molar-refractivity contribution in [3.8, 4) is 0 Å². The molecule has 0 saturated heterocycles. The van der Waals surface area contributed by atoms with Crippen LogP contribution in [0, 0.1) is 13.8 Å². The maximum absolute atomic E-state index is 11.9. The summed E-state index contributed by atoms with van der Waals surface area (Å²) >= 11 is 7.79. The molecule has 6 heteroatoms. The highest BCUT2D eigenvalue weighted by atomic mass is 35.5. The zero-order valence-electron chi connectivity index (χ0n) is 11.2. The van der Waals surface area contributed by atoms with Crippen molar-refractivity contribution in [3.05, 3.63) is 33.4 Å². The molecule has 4 nitrogen and oxygen atoms in total. The van der Waals surface area contributed by atoms with E-state index in [1.165, 1.54) is 18.4 Å². The van der Waals surface area contributed by atoms with Crippen molar-refractivity contribution in [2.75, 3.05) is 7.11 Å². The summed E-state index contributed by atoms with van der Waals surface area (Å²) in [5.74, 6) is -0.407. The number of esters is 1. The van der Waals surface area contributed by atoms with Crippen LogP contribution in [0.4, 0.5) is 0 Å². The first kappa shape index (κ1) is 13.3. The van der Waals surface area contributed by atoms with Gasteiger partial charge in [-0.25, -0.2) is 9.78 Å². The summed E-state index contributed by atoms with van der Waals surface area (Å²) < 4.78 is 4.82. The molecule has 3 rings (SSSR count). The largest absolute Gasteiger partial charge is 0.465 e. The monoisotopic (exact) mass is 306 g/mol. The average molecular weight is 307 g/mol. The van der Waals surface area contributed by atoms with Crippen LogP contribution in [0.3, 0.4) is 0 Å². The molecular formula is C14H11ClN2O2S. The molecule has 0 bridgehead atoms. The molecule has 0 aliphatic rings. The quantitative estimate of drug-likeness (QED) is 0.505. The van der Waals surface area contributed by atoms with E-state index in [-0.39, 0.29) is 0 Å². The molecule has 102 valence electrons. The summed E-state index contributed by atoms with van der Waals surface area (Å²) in [5.41, 5.74) is 2.63. The molecule has 0 spiro atoms. The van der Waals surface area contributed by atoms with E-state index in [0.717, 1.165) is 21.3 Å². The van der Waals surface area contributed by atoms with Gasteiger partial charge in [0.15, 0.2) is 0 Å². The maximum atomic E-state index is 11.9. The zero-order chi connectivity index (χ0) is 14.4. The molecule has 0 aliphatic carbocycles. The van der Waals surface area contributed by atoms with Crippen LogP contribution in [-0.2, 0) is 4.74 Å². The lowest BCUT2D eigenvalue weighted by Crippen LogP contribution is -2.09. The number of methoxy groups -OCH3 is 1. The number of fused-ring (bicyclic) bond motifs is 3. The molecule has 0 radical (unpaired) electrons. The van der Waals surface area contributed by atoms with E-state index < -0.39 is 5.97 Å². The Bertz CT molecular complexity index is 857. The van der Waals surface area contributed by atoms with Gasteiger partial charge in [0.2, 0.25) is 0 Å². The van der Waals surface area contributed by atoms with Crippen LogP contribution < -0.4 is 0 Å². The molecule has 3 heterocycles. The van der Waals surface area contributed by atoms with E-state index in [1.807, 2.05) is 18.4 Å². The van der Waals surface area contributed by atoms with Gasteiger partial charge < -0.3 is 4.74 Å². The second kappa shape index (κ2) is 4.68. The summed E-state index contributed by atoms with van der Waals surface area (Å²) in [5, 5.41) is 3.99. The number of pyridine rings is 2. The minimum Gasteiger partial charge on any atom is -0.465 e. The van der Waals surface area contributed by atoms with E-state index >= 15 is 0 Å². The highest BCUT2D eigenvalue weighted by Gasteiger charge is 2.20. The lowest BCUT2D eigenvalue weighted by molar-refractivity contribution is 0.0599. The van der Waals surface area contributed by atoms with Crippen molar-refractivity contribution < 1.29 is 9.53 Å². The molecule has 0 amide bonds. The zero-order valence-corrected chi connectivity index (χ0v) is 12.7. The average Bonchev–Trinajstić information content (AvgIpc) is 2.86. The predicted molar refractivity (Wildman–Crippen MR) is 80.7 cm³/mol. The van der Waals surface area contributed by atoms with E-state index in [4.69, 9.17) is 16.3 Å². The topological polar surface area (TPSA) is 52.1 Å². The number of thiophene rings is 1. The number of aromatic nitrogens is 2. The number of aryl methyl sites for hydroxylation is 2. The summed E-state index contributed by atoms with van der Waals surface area (Å²) in [6.45, 7) is 3.64. The van der Waals surface area contributed by atoms with Gasteiger partial charge in [-0.1, -0.05) is 11.6 Å². The lowest BCUT2D eigenvalue weighted by Gasteiger charge is -2.12. The first-order valence-electron chi connectivity index (χ1n) is 5.96. The number of nitrogens with zero attached hydrogens (tertiary/aromatic N) is 2. The molecule has 0 aromatic carbocycles. The lowest BCUT2D eigenvalue weighted by atomic mass is 10.0. The standard InChI is InChI=1S/C14H11ClN2O2S/c1-6-9(14(18)19-3)7(2)16-11-8-4-5-20-13(8)17-12(15)10(6)11/h4-5H,1-3H3. The van der Waals surface area contributed by atoms with Gasteiger partial charge >= 0.3 is 5.97 Å². The van der Waals surface area contributed by atoms with Gasteiger partial charge in [0.1, 0.15) is 9.98 Å². The van der Waals surface area contributed by atoms with Crippen LogP contribution in [0.15, 0.2) is 11.4 Å². The smallest absolute Gasteiger partial charge is 0.339 e. The van der Waals surface area contributed by atoms with Crippen molar-refractivity contribution in [3.63, 3.8) is 0 Å². The van der Waals surface area contributed by atoms with Gasteiger partial charge in [0.05, 0.1) is 23.9 Å². The summed E-state index contributed by atoms with van der Waals surface area (Å²) in [4.78, 5) is 21.7. The van der Waals surface area contributed by atoms with Gasteiger partial charge in [-0.15, -0.1) is 11.3 Å². The third-order valence-electron chi connectivity index (χ3n) is 3.32. The van der Waals surface area contributed by atoms with Gasteiger partial charge in [-0.05, 0) is 30.9 Å². The van der Waals surface area contributed by atoms with E-state index in [9.17, 15) is 4.79 Å². The number of hydrogen-bond donors (Lipinski definition) is 0. The Morgan fingerprint density at radius 2 is 2.10 bits per heavy atom. The van der Waals surface area contributed by atoms with Crippen molar-refractivity contribution in [1.82, 2.24) is 9.97 Å². The minimum absolute atomic E-state index is 0.366. The molecule has 3 aromatic rings. The minimum atomic E-state index is -0.407. The van der Waals surface area contributed by atoms with Gasteiger partial charge in [0.25, 0.3) is 0 Å². The highest BCUT2D eigenvalue weighted by molar-refractivity contribution is 7.16. The Labute approximate surface area is 124 Å². The first-order chi connectivity index (χ1) is 9.54. The van der Waals surface area contributed by atoms with Gasteiger partial charge in [-0.3, -0.25) is 4.98 Å². The Morgan fingerprint density at radius 3 is 2.80 bits per heavy atom. The molecule has 0 fully saturated rings. The maximum Gasteiger partial charge on any atom is 0.339 e. The highest BCUT2D eigenvalue weighted by Crippen LogP contribution is 2.34. The summed E-state index contributed by atoms with van der Waals surface area (Å²) in [7, 11) is 1.35. The van der Waals surface area contributed by atoms with Crippen LogP contribution in [0.25, 0.3) is 21.1 Å². The number of carbonyl (C=O) groups is 1. The molecular weight excluding hydrogens is 296 g/mol. The normalized spacial score (nSPS) is 11.2.